The van der Waals surface area contributed by atoms with Crippen molar-refractivity contribution < 1.29 is 24.3 Å². The molecular weight excluding hydrogens is 524 g/mol. The van der Waals surface area contributed by atoms with E-state index in [9.17, 15) is 24.3 Å². The van der Waals surface area contributed by atoms with Gasteiger partial charge in [0, 0.05) is 53.6 Å². The Balaban J connectivity index is 1.45. The van der Waals surface area contributed by atoms with Crippen molar-refractivity contribution in [2.45, 2.75) is 56.8 Å². The van der Waals surface area contributed by atoms with Crippen LogP contribution >= 0.6 is 0 Å². The lowest BCUT2D eigenvalue weighted by atomic mass is 10.0. The molecule has 0 unspecified atom stereocenters. The van der Waals surface area contributed by atoms with Crippen LogP contribution in [0, 0.1) is 0 Å². The molecule has 11 heteroatoms. The van der Waals surface area contributed by atoms with E-state index in [1.807, 2.05) is 48.5 Å². The third-order valence-corrected chi connectivity index (χ3v) is 7.68. The standard InChI is InChI=1S/C30H34N6O5/c1-17(31)27(37)34-24(13-18-15-32-22-9-4-2-7-20(18)22)28(38)35-25(29(39)36-12-6-11-26(36)30(40)41)14-19-16-33-23-10-5-3-8-21(19)23/h2-5,7-10,15-17,24-26,32-33H,6,11-14,31H2,1H3,(H,34,37)(H,35,38)(H,40,41)/t17-,24-,25-,26-/m0/s1. The molecule has 2 aromatic carbocycles. The van der Waals surface area contributed by atoms with Crippen molar-refractivity contribution in [1.29, 1.82) is 0 Å². The quantitative estimate of drug-likeness (QED) is 0.173. The zero-order valence-corrected chi connectivity index (χ0v) is 22.7. The third-order valence-electron chi connectivity index (χ3n) is 7.68. The summed E-state index contributed by atoms with van der Waals surface area (Å²) in [5.74, 6) is -2.61. The highest BCUT2D eigenvalue weighted by Crippen LogP contribution is 2.24. The summed E-state index contributed by atoms with van der Waals surface area (Å²) in [6.45, 7) is 1.81. The molecular formula is C30H34N6O5. The van der Waals surface area contributed by atoms with Crippen molar-refractivity contribution in [1.82, 2.24) is 25.5 Å². The number of carbonyl (C=O) groups excluding carboxylic acids is 3. The summed E-state index contributed by atoms with van der Waals surface area (Å²) in [4.78, 5) is 59.9. The molecule has 2 aromatic heterocycles. The van der Waals surface area contributed by atoms with Gasteiger partial charge in [0.15, 0.2) is 0 Å². The van der Waals surface area contributed by atoms with Gasteiger partial charge in [-0.1, -0.05) is 36.4 Å². The lowest BCUT2D eigenvalue weighted by Crippen LogP contribution is -2.58. The molecule has 0 saturated carbocycles. The van der Waals surface area contributed by atoms with Crippen molar-refractivity contribution in [3.63, 3.8) is 0 Å². The van der Waals surface area contributed by atoms with Gasteiger partial charge in [-0.2, -0.15) is 0 Å². The largest absolute Gasteiger partial charge is 0.480 e. The SMILES string of the molecule is C[C@H](N)C(=O)N[C@@H](Cc1c[nH]c2ccccc12)C(=O)N[C@@H](Cc1c[nH]c2ccccc12)C(=O)N1CCC[C@H]1C(=O)O. The second-order valence-corrected chi connectivity index (χ2v) is 10.6. The van der Waals surface area contributed by atoms with Gasteiger partial charge in [0.1, 0.15) is 18.1 Å². The molecule has 1 aliphatic heterocycles. The van der Waals surface area contributed by atoms with Crippen molar-refractivity contribution in [2.75, 3.05) is 6.54 Å². The summed E-state index contributed by atoms with van der Waals surface area (Å²) in [7, 11) is 0. The molecule has 0 bridgehead atoms. The maximum Gasteiger partial charge on any atom is 0.326 e. The molecule has 11 nitrogen and oxygen atoms in total. The number of aliphatic carboxylic acids is 1. The lowest BCUT2D eigenvalue weighted by Gasteiger charge is -2.29. The average Bonchev–Trinajstić information content (AvgIpc) is 3.71. The number of nitrogens with one attached hydrogen (secondary N) is 4. The first-order chi connectivity index (χ1) is 19.7. The first kappa shape index (κ1) is 27.9. The number of H-pyrrole nitrogens is 2. The molecule has 7 N–H and O–H groups in total. The number of carboxylic acid groups (broad SMARTS) is 1. The highest BCUT2D eigenvalue weighted by atomic mass is 16.4. The zero-order chi connectivity index (χ0) is 29.1. The minimum absolute atomic E-state index is 0.137. The van der Waals surface area contributed by atoms with E-state index in [-0.39, 0.29) is 19.4 Å². The summed E-state index contributed by atoms with van der Waals surface area (Å²) in [6, 6.07) is 11.3. The predicted octanol–water partition coefficient (Wildman–Crippen LogP) is 1.83. The number of rotatable bonds is 10. The van der Waals surface area contributed by atoms with Gasteiger partial charge in [0.05, 0.1) is 6.04 Å². The summed E-state index contributed by atoms with van der Waals surface area (Å²) in [5, 5.41) is 17.1. The van der Waals surface area contributed by atoms with Gasteiger partial charge in [-0.15, -0.1) is 0 Å². The fourth-order valence-electron chi connectivity index (χ4n) is 5.51. The first-order valence-corrected chi connectivity index (χ1v) is 13.7. The van der Waals surface area contributed by atoms with E-state index in [1.54, 1.807) is 12.4 Å². The number of para-hydroxylation sites is 2. The Morgan fingerprint density at radius 2 is 1.44 bits per heavy atom. The number of fused-ring (bicyclic) bond motifs is 2. The van der Waals surface area contributed by atoms with Gasteiger partial charge < -0.3 is 36.3 Å². The number of hydrogen-bond donors (Lipinski definition) is 6. The maximum absolute atomic E-state index is 13.8. The highest BCUT2D eigenvalue weighted by molar-refractivity contribution is 5.95. The highest BCUT2D eigenvalue weighted by Gasteiger charge is 2.38. The number of hydrogen-bond acceptors (Lipinski definition) is 5. The molecule has 41 heavy (non-hydrogen) atoms. The first-order valence-electron chi connectivity index (χ1n) is 13.7. The predicted molar refractivity (Wildman–Crippen MR) is 154 cm³/mol. The Morgan fingerprint density at radius 3 is 2.00 bits per heavy atom. The van der Waals surface area contributed by atoms with Crippen LogP contribution in [0.25, 0.3) is 21.8 Å². The van der Waals surface area contributed by atoms with Gasteiger partial charge in [0.2, 0.25) is 17.7 Å². The topological polar surface area (TPSA) is 173 Å². The van der Waals surface area contributed by atoms with Crippen LogP contribution in [0.4, 0.5) is 0 Å². The van der Waals surface area contributed by atoms with Crippen molar-refractivity contribution in [3.8, 4) is 0 Å². The molecule has 0 spiro atoms. The molecule has 0 radical (unpaired) electrons. The van der Waals surface area contributed by atoms with Crippen molar-refractivity contribution in [2.24, 2.45) is 5.73 Å². The number of carboxylic acids is 1. The van der Waals surface area contributed by atoms with Gasteiger partial charge in [0.25, 0.3) is 0 Å². The number of nitrogens with two attached hydrogens (primary N) is 1. The van der Waals surface area contributed by atoms with E-state index >= 15 is 0 Å². The van der Waals surface area contributed by atoms with E-state index in [0.29, 0.717) is 12.8 Å². The molecule has 1 aliphatic rings. The van der Waals surface area contributed by atoms with Crippen molar-refractivity contribution >= 4 is 45.5 Å². The molecule has 3 heterocycles. The summed E-state index contributed by atoms with van der Waals surface area (Å²) < 4.78 is 0. The molecule has 1 fully saturated rings. The van der Waals surface area contributed by atoms with E-state index in [0.717, 1.165) is 32.9 Å². The fourth-order valence-corrected chi connectivity index (χ4v) is 5.51. The van der Waals surface area contributed by atoms with Crippen LogP contribution in [0.15, 0.2) is 60.9 Å². The van der Waals surface area contributed by atoms with Gasteiger partial charge >= 0.3 is 5.97 Å². The van der Waals surface area contributed by atoms with Crippen LogP contribution in [0.1, 0.15) is 30.9 Å². The van der Waals surface area contributed by atoms with Crippen LogP contribution in [-0.2, 0) is 32.0 Å². The molecule has 5 rings (SSSR count). The van der Waals surface area contributed by atoms with E-state index < -0.39 is 47.9 Å². The lowest BCUT2D eigenvalue weighted by molar-refractivity contribution is -0.149. The minimum Gasteiger partial charge on any atom is -0.480 e. The molecule has 4 atom stereocenters. The summed E-state index contributed by atoms with van der Waals surface area (Å²) >= 11 is 0. The second-order valence-electron chi connectivity index (χ2n) is 10.6. The van der Waals surface area contributed by atoms with Gasteiger partial charge in [-0.3, -0.25) is 14.4 Å². The smallest absolute Gasteiger partial charge is 0.326 e. The van der Waals surface area contributed by atoms with Crippen molar-refractivity contribution in [3.05, 3.63) is 72.1 Å². The molecule has 4 aromatic rings. The van der Waals surface area contributed by atoms with Crippen LogP contribution in [-0.4, -0.2) is 74.4 Å². The molecule has 3 amide bonds. The normalized spacial score (nSPS) is 17.3. The Kier molecular flexibility index (Phi) is 8.06. The second kappa shape index (κ2) is 11.8. The summed E-state index contributed by atoms with van der Waals surface area (Å²) in [5.41, 5.74) is 9.19. The van der Waals surface area contributed by atoms with Crippen LogP contribution in [0.5, 0.6) is 0 Å². The Bertz CT molecular complexity index is 1590. The Hall–Kier alpha value is -4.64. The van der Waals surface area contributed by atoms with E-state index in [4.69, 9.17) is 5.73 Å². The Labute approximate surface area is 236 Å². The fraction of sp³-hybridized carbons (Fsp3) is 0.333. The Morgan fingerprint density at radius 1 is 0.902 bits per heavy atom. The number of aromatic nitrogens is 2. The number of nitrogens with zero attached hydrogens (tertiary/aromatic N) is 1. The maximum atomic E-state index is 13.8. The van der Waals surface area contributed by atoms with E-state index in [2.05, 4.69) is 20.6 Å². The number of likely N-dealkylation sites (tertiary alicyclic amines) is 1. The van der Waals surface area contributed by atoms with Crippen LogP contribution < -0.4 is 16.4 Å². The molecule has 1 saturated heterocycles. The summed E-state index contributed by atoms with van der Waals surface area (Å²) in [6.07, 6.45) is 4.78. The van der Waals surface area contributed by atoms with E-state index in [1.165, 1.54) is 11.8 Å². The zero-order valence-electron chi connectivity index (χ0n) is 22.7. The molecule has 0 aliphatic carbocycles. The minimum atomic E-state index is -1.07. The monoisotopic (exact) mass is 558 g/mol. The molecule has 214 valence electrons. The number of amides is 3. The number of benzene rings is 2. The number of carbonyl (C=O) groups is 4. The van der Waals surface area contributed by atoms with Crippen LogP contribution in [0.2, 0.25) is 0 Å². The average molecular weight is 559 g/mol. The van der Waals surface area contributed by atoms with Crippen LogP contribution in [0.3, 0.4) is 0 Å². The number of aromatic amines is 2. The third kappa shape index (κ3) is 5.94. The van der Waals surface area contributed by atoms with Gasteiger partial charge in [-0.05, 0) is 43.0 Å². The van der Waals surface area contributed by atoms with Gasteiger partial charge in [-0.25, -0.2) is 4.79 Å².